The number of nitrogens with two attached hydrogens (primary N) is 1. The van der Waals surface area contributed by atoms with Gasteiger partial charge in [0.1, 0.15) is 0 Å². The monoisotopic (exact) mass is 298 g/mol. The van der Waals surface area contributed by atoms with Gasteiger partial charge in [-0.3, -0.25) is 0 Å². The third-order valence-corrected chi connectivity index (χ3v) is 5.92. The Morgan fingerprint density at radius 1 is 1.25 bits per heavy atom. The number of benzene rings is 1. The average molecular weight is 298 g/mol. The molecule has 6 heteroatoms. The van der Waals surface area contributed by atoms with Crippen LogP contribution in [0.3, 0.4) is 0 Å². The van der Waals surface area contributed by atoms with Crippen LogP contribution in [0.4, 0.5) is 0 Å². The minimum Gasteiger partial charge on any atom is -0.304 e. The van der Waals surface area contributed by atoms with Gasteiger partial charge in [0.25, 0.3) is 0 Å². The van der Waals surface area contributed by atoms with E-state index in [9.17, 15) is 8.42 Å². The van der Waals surface area contributed by atoms with E-state index in [0.29, 0.717) is 30.5 Å². The summed E-state index contributed by atoms with van der Waals surface area (Å²) >= 11 is 0. The Bertz CT molecular complexity index is 564. The SMILES string of the molecule is Cc1ccc(S(=O)(=O)N2CCC(CON)CC2)cc1C. The summed E-state index contributed by atoms with van der Waals surface area (Å²) in [6.07, 6.45) is 1.59. The van der Waals surface area contributed by atoms with Crippen LogP contribution in [0, 0.1) is 19.8 Å². The number of nitrogens with zero attached hydrogens (tertiary/aromatic N) is 1. The molecule has 0 bridgehead atoms. The van der Waals surface area contributed by atoms with Crippen molar-refractivity contribution in [1.29, 1.82) is 0 Å². The fourth-order valence-electron chi connectivity index (χ4n) is 2.48. The molecule has 0 atom stereocenters. The average Bonchev–Trinajstić information content (AvgIpc) is 2.43. The first-order chi connectivity index (χ1) is 9.45. The second-order valence-corrected chi connectivity index (χ2v) is 7.36. The predicted molar refractivity (Wildman–Crippen MR) is 77.5 cm³/mol. The fraction of sp³-hybridized carbons (Fsp3) is 0.571. The molecule has 0 aliphatic carbocycles. The molecule has 1 aromatic carbocycles. The van der Waals surface area contributed by atoms with Crippen LogP contribution >= 0.6 is 0 Å². The van der Waals surface area contributed by atoms with Gasteiger partial charge in [-0.2, -0.15) is 4.31 Å². The van der Waals surface area contributed by atoms with Gasteiger partial charge in [-0.05, 0) is 55.9 Å². The second-order valence-electron chi connectivity index (χ2n) is 5.43. The van der Waals surface area contributed by atoms with Gasteiger partial charge in [0.2, 0.25) is 10.0 Å². The van der Waals surface area contributed by atoms with E-state index in [4.69, 9.17) is 5.90 Å². The summed E-state index contributed by atoms with van der Waals surface area (Å²) in [4.78, 5) is 5.03. The van der Waals surface area contributed by atoms with E-state index in [1.54, 1.807) is 16.4 Å². The molecule has 0 amide bonds. The first-order valence-electron chi connectivity index (χ1n) is 6.84. The van der Waals surface area contributed by atoms with Crippen LogP contribution in [0.1, 0.15) is 24.0 Å². The summed E-state index contributed by atoms with van der Waals surface area (Å²) < 4.78 is 26.7. The van der Waals surface area contributed by atoms with Crippen LogP contribution in [0.15, 0.2) is 23.1 Å². The van der Waals surface area contributed by atoms with Crippen molar-refractivity contribution in [2.45, 2.75) is 31.6 Å². The summed E-state index contributed by atoms with van der Waals surface area (Å²) in [5, 5.41) is 0. The highest BCUT2D eigenvalue weighted by Crippen LogP contribution is 2.24. The van der Waals surface area contributed by atoms with Gasteiger partial charge in [-0.15, -0.1) is 0 Å². The highest BCUT2D eigenvalue weighted by molar-refractivity contribution is 7.89. The smallest absolute Gasteiger partial charge is 0.243 e. The highest BCUT2D eigenvalue weighted by Gasteiger charge is 2.29. The maximum Gasteiger partial charge on any atom is 0.243 e. The zero-order valence-corrected chi connectivity index (χ0v) is 12.8. The van der Waals surface area contributed by atoms with Crippen molar-refractivity contribution < 1.29 is 13.3 Å². The zero-order chi connectivity index (χ0) is 14.8. The lowest BCUT2D eigenvalue weighted by molar-refractivity contribution is 0.0805. The minimum absolute atomic E-state index is 0.353. The molecule has 1 fully saturated rings. The van der Waals surface area contributed by atoms with Gasteiger partial charge >= 0.3 is 0 Å². The molecular weight excluding hydrogens is 276 g/mol. The van der Waals surface area contributed by atoms with Gasteiger partial charge in [0.15, 0.2) is 0 Å². The van der Waals surface area contributed by atoms with E-state index in [-0.39, 0.29) is 0 Å². The summed E-state index contributed by atoms with van der Waals surface area (Å²) in [6.45, 7) is 5.47. The second kappa shape index (κ2) is 6.22. The lowest BCUT2D eigenvalue weighted by Gasteiger charge is -2.30. The zero-order valence-electron chi connectivity index (χ0n) is 12.0. The lowest BCUT2D eigenvalue weighted by Crippen LogP contribution is -2.39. The van der Waals surface area contributed by atoms with Crippen molar-refractivity contribution in [3.63, 3.8) is 0 Å². The molecule has 0 radical (unpaired) electrons. The molecule has 1 saturated heterocycles. The van der Waals surface area contributed by atoms with Crippen molar-refractivity contribution in [3.8, 4) is 0 Å². The maximum absolute atomic E-state index is 12.6. The van der Waals surface area contributed by atoms with Crippen molar-refractivity contribution in [2.24, 2.45) is 11.8 Å². The van der Waals surface area contributed by atoms with Gasteiger partial charge in [-0.25, -0.2) is 14.3 Å². The largest absolute Gasteiger partial charge is 0.304 e. The normalized spacial score (nSPS) is 18.4. The molecule has 112 valence electrons. The van der Waals surface area contributed by atoms with Gasteiger partial charge in [-0.1, -0.05) is 6.07 Å². The van der Waals surface area contributed by atoms with Gasteiger partial charge in [0, 0.05) is 13.1 Å². The Morgan fingerprint density at radius 2 is 1.90 bits per heavy atom. The topological polar surface area (TPSA) is 72.6 Å². The minimum atomic E-state index is -3.38. The Kier molecular flexibility index (Phi) is 4.80. The maximum atomic E-state index is 12.6. The van der Waals surface area contributed by atoms with E-state index < -0.39 is 10.0 Å². The number of aryl methyl sites for hydroxylation is 2. The van der Waals surface area contributed by atoms with Crippen molar-refractivity contribution in [2.75, 3.05) is 19.7 Å². The quantitative estimate of drug-likeness (QED) is 0.857. The first-order valence-corrected chi connectivity index (χ1v) is 8.28. The van der Waals surface area contributed by atoms with Crippen LogP contribution < -0.4 is 5.90 Å². The first kappa shape index (κ1) is 15.4. The molecule has 2 N–H and O–H groups in total. The summed E-state index contributed by atoms with van der Waals surface area (Å²) in [6, 6.07) is 5.30. The van der Waals surface area contributed by atoms with E-state index in [1.807, 2.05) is 19.9 Å². The van der Waals surface area contributed by atoms with Gasteiger partial charge in [0.05, 0.1) is 11.5 Å². The summed E-state index contributed by atoms with van der Waals surface area (Å²) in [5.41, 5.74) is 2.10. The Morgan fingerprint density at radius 3 is 2.45 bits per heavy atom. The molecule has 1 heterocycles. The number of rotatable bonds is 4. The molecule has 2 rings (SSSR count). The lowest BCUT2D eigenvalue weighted by atomic mass is 9.99. The van der Waals surface area contributed by atoms with Gasteiger partial charge < -0.3 is 4.84 Å². The van der Waals surface area contributed by atoms with Crippen LogP contribution in [0.5, 0.6) is 0 Å². The molecule has 5 nitrogen and oxygen atoms in total. The molecule has 1 aliphatic heterocycles. The highest BCUT2D eigenvalue weighted by atomic mass is 32.2. The number of sulfonamides is 1. The van der Waals surface area contributed by atoms with Crippen LogP contribution in [0.25, 0.3) is 0 Å². The summed E-state index contributed by atoms with van der Waals surface area (Å²) in [7, 11) is -3.38. The van der Waals surface area contributed by atoms with Crippen LogP contribution in [0.2, 0.25) is 0 Å². The molecule has 0 spiro atoms. The fourth-order valence-corrected chi connectivity index (χ4v) is 4.03. The predicted octanol–water partition coefficient (Wildman–Crippen LogP) is 1.59. The summed E-state index contributed by atoms with van der Waals surface area (Å²) in [5.74, 6) is 5.42. The Labute approximate surface area is 120 Å². The standard InChI is InChI=1S/C14H22N2O3S/c1-11-3-4-14(9-12(11)2)20(17,18)16-7-5-13(6-8-16)10-19-15/h3-4,9,13H,5-8,10,15H2,1-2H3. The molecule has 0 aromatic heterocycles. The van der Waals surface area contributed by atoms with Crippen LogP contribution in [-0.2, 0) is 14.9 Å². The Hall–Kier alpha value is -0.950. The van der Waals surface area contributed by atoms with E-state index in [0.717, 1.165) is 24.0 Å². The van der Waals surface area contributed by atoms with E-state index in [1.165, 1.54) is 0 Å². The third-order valence-electron chi connectivity index (χ3n) is 4.02. The molecule has 1 aromatic rings. The van der Waals surface area contributed by atoms with Crippen molar-refractivity contribution in [1.82, 2.24) is 4.31 Å². The molecule has 0 unspecified atom stereocenters. The molecule has 0 saturated carbocycles. The molecule has 1 aliphatic rings. The Balaban J connectivity index is 2.13. The molecule has 20 heavy (non-hydrogen) atoms. The third kappa shape index (κ3) is 3.20. The van der Waals surface area contributed by atoms with Crippen LogP contribution in [-0.4, -0.2) is 32.4 Å². The number of hydrogen-bond acceptors (Lipinski definition) is 4. The molecular formula is C14H22N2O3S. The van der Waals surface area contributed by atoms with E-state index >= 15 is 0 Å². The number of piperidine rings is 1. The van der Waals surface area contributed by atoms with Crippen molar-refractivity contribution >= 4 is 10.0 Å². The number of hydrogen-bond donors (Lipinski definition) is 1. The van der Waals surface area contributed by atoms with Crippen molar-refractivity contribution in [3.05, 3.63) is 29.3 Å². The van der Waals surface area contributed by atoms with E-state index in [2.05, 4.69) is 4.84 Å².